The summed E-state index contributed by atoms with van der Waals surface area (Å²) in [5.74, 6) is 1.85. The summed E-state index contributed by atoms with van der Waals surface area (Å²) in [6.45, 7) is 8.81. The fourth-order valence-corrected chi connectivity index (χ4v) is 3.86. The molecule has 10 heteroatoms. The quantitative estimate of drug-likeness (QED) is 0.585. The van der Waals surface area contributed by atoms with Gasteiger partial charge >= 0.3 is 5.69 Å². The average Bonchev–Trinajstić information content (AvgIpc) is 2.82. The van der Waals surface area contributed by atoms with Gasteiger partial charge in [0.2, 0.25) is 5.75 Å². The molecule has 1 aromatic carbocycles. The van der Waals surface area contributed by atoms with E-state index in [2.05, 4.69) is 0 Å². The highest BCUT2D eigenvalue weighted by molar-refractivity contribution is 5.95. The number of amides is 1. The Morgan fingerprint density at radius 1 is 0.818 bits per heavy atom. The first-order valence-corrected chi connectivity index (χ1v) is 11.2. The lowest BCUT2D eigenvalue weighted by atomic mass is 10.1. The molecule has 1 amide bonds. The van der Waals surface area contributed by atoms with E-state index in [1.807, 2.05) is 25.7 Å². The van der Waals surface area contributed by atoms with E-state index in [-0.39, 0.29) is 17.2 Å². The van der Waals surface area contributed by atoms with Crippen molar-refractivity contribution in [2.75, 3.05) is 50.9 Å². The van der Waals surface area contributed by atoms with E-state index >= 15 is 0 Å². The van der Waals surface area contributed by atoms with Gasteiger partial charge in [-0.05, 0) is 32.9 Å². The molecule has 2 heterocycles. The minimum atomic E-state index is -0.377. The van der Waals surface area contributed by atoms with Crippen molar-refractivity contribution in [2.24, 2.45) is 14.1 Å². The molecule has 0 unspecified atom stereocenters. The van der Waals surface area contributed by atoms with Crippen LogP contribution in [0.2, 0.25) is 0 Å². The molecular weight excluding hydrogens is 428 g/mol. The number of nitrogens with zero attached hydrogens (tertiary/aromatic N) is 4. The number of ether oxygens (including phenoxy) is 3. The lowest BCUT2D eigenvalue weighted by Crippen LogP contribution is -2.51. The molecule has 33 heavy (non-hydrogen) atoms. The monoisotopic (exact) mass is 460 g/mol. The van der Waals surface area contributed by atoms with Crippen LogP contribution in [0.1, 0.15) is 31.1 Å². The number of carbonyl (C=O) groups is 1. The lowest BCUT2D eigenvalue weighted by Gasteiger charge is -2.36. The van der Waals surface area contributed by atoms with Crippen molar-refractivity contribution in [3.63, 3.8) is 0 Å². The van der Waals surface area contributed by atoms with Crippen LogP contribution in [-0.2, 0) is 14.1 Å². The molecule has 0 bridgehead atoms. The maximum Gasteiger partial charge on any atom is 0.332 e. The number of anilines is 1. The molecule has 1 fully saturated rings. The van der Waals surface area contributed by atoms with Crippen molar-refractivity contribution in [3.8, 4) is 17.2 Å². The molecule has 0 radical (unpaired) electrons. The standard InChI is InChI=1S/C23H32N4O6/c1-6-31-17-13-16(14-18(32-7-2)21(17)33-8-3)22(29)27-11-9-26(10-12-27)19-15-20(28)25(5)23(30)24(19)4/h13-15H,6-12H2,1-5H3. The maximum absolute atomic E-state index is 13.3. The number of benzene rings is 1. The molecule has 0 N–H and O–H groups in total. The van der Waals surface area contributed by atoms with Crippen molar-refractivity contribution in [3.05, 3.63) is 44.6 Å². The van der Waals surface area contributed by atoms with Gasteiger partial charge in [-0.15, -0.1) is 0 Å². The van der Waals surface area contributed by atoms with Gasteiger partial charge in [-0.25, -0.2) is 4.79 Å². The molecule has 0 saturated carbocycles. The summed E-state index contributed by atoms with van der Waals surface area (Å²) in [5, 5.41) is 0. The summed E-state index contributed by atoms with van der Waals surface area (Å²) in [6.07, 6.45) is 0. The molecule has 1 saturated heterocycles. The maximum atomic E-state index is 13.3. The van der Waals surface area contributed by atoms with Gasteiger partial charge in [-0.1, -0.05) is 0 Å². The number of hydrogen-bond donors (Lipinski definition) is 0. The van der Waals surface area contributed by atoms with Gasteiger partial charge in [0.25, 0.3) is 11.5 Å². The number of rotatable bonds is 8. The van der Waals surface area contributed by atoms with Crippen LogP contribution < -0.4 is 30.4 Å². The first-order valence-electron chi connectivity index (χ1n) is 11.2. The molecule has 180 valence electrons. The fraction of sp³-hybridized carbons (Fsp3) is 0.522. The van der Waals surface area contributed by atoms with Crippen LogP contribution in [0.25, 0.3) is 0 Å². The van der Waals surface area contributed by atoms with E-state index < -0.39 is 0 Å². The van der Waals surface area contributed by atoms with Gasteiger partial charge in [0.05, 0.1) is 19.8 Å². The number of hydrogen-bond acceptors (Lipinski definition) is 7. The van der Waals surface area contributed by atoms with Gasteiger partial charge in [0.1, 0.15) is 5.82 Å². The van der Waals surface area contributed by atoms with Crippen molar-refractivity contribution in [1.29, 1.82) is 0 Å². The zero-order chi connectivity index (χ0) is 24.1. The Bertz CT molecular complexity index is 1090. The van der Waals surface area contributed by atoms with Gasteiger partial charge in [0.15, 0.2) is 11.5 Å². The Morgan fingerprint density at radius 3 is 1.88 bits per heavy atom. The second-order valence-electron chi connectivity index (χ2n) is 7.62. The van der Waals surface area contributed by atoms with Gasteiger partial charge in [-0.3, -0.25) is 18.7 Å². The number of piperazine rings is 1. The topological polar surface area (TPSA) is 95.2 Å². The first kappa shape index (κ1) is 24.2. The fourth-order valence-electron chi connectivity index (χ4n) is 3.86. The van der Waals surface area contributed by atoms with Gasteiger partial charge in [-0.2, -0.15) is 0 Å². The Morgan fingerprint density at radius 2 is 1.36 bits per heavy atom. The lowest BCUT2D eigenvalue weighted by molar-refractivity contribution is 0.0745. The zero-order valence-corrected chi connectivity index (χ0v) is 19.9. The molecule has 10 nitrogen and oxygen atoms in total. The normalized spacial score (nSPS) is 13.7. The Hall–Kier alpha value is -3.43. The molecule has 1 aromatic heterocycles. The molecule has 2 aromatic rings. The number of aromatic nitrogens is 2. The minimum absolute atomic E-state index is 0.141. The van der Waals surface area contributed by atoms with E-state index in [0.29, 0.717) is 74.6 Å². The van der Waals surface area contributed by atoms with Crippen LogP contribution in [0, 0.1) is 0 Å². The number of carbonyl (C=O) groups excluding carboxylic acids is 1. The summed E-state index contributed by atoms with van der Waals surface area (Å²) in [4.78, 5) is 41.3. The van der Waals surface area contributed by atoms with Crippen LogP contribution >= 0.6 is 0 Å². The molecule has 1 aliphatic rings. The predicted octanol–water partition coefficient (Wildman–Crippen LogP) is 1.24. The predicted molar refractivity (Wildman–Crippen MR) is 125 cm³/mol. The average molecular weight is 461 g/mol. The van der Waals surface area contributed by atoms with E-state index in [9.17, 15) is 14.4 Å². The van der Waals surface area contributed by atoms with Crippen molar-refractivity contribution < 1.29 is 19.0 Å². The van der Waals surface area contributed by atoms with E-state index in [0.717, 1.165) is 4.57 Å². The smallest absolute Gasteiger partial charge is 0.332 e. The summed E-state index contributed by atoms with van der Waals surface area (Å²) in [7, 11) is 3.09. The van der Waals surface area contributed by atoms with Crippen molar-refractivity contribution >= 4 is 11.7 Å². The van der Waals surface area contributed by atoms with Crippen LogP contribution in [0.3, 0.4) is 0 Å². The second kappa shape index (κ2) is 10.5. The molecule has 1 aliphatic heterocycles. The van der Waals surface area contributed by atoms with E-state index in [1.54, 1.807) is 24.1 Å². The molecule has 0 atom stereocenters. The largest absolute Gasteiger partial charge is 0.490 e. The van der Waals surface area contributed by atoms with Crippen LogP contribution in [-0.4, -0.2) is 65.9 Å². The highest BCUT2D eigenvalue weighted by atomic mass is 16.5. The van der Waals surface area contributed by atoms with E-state index in [4.69, 9.17) is 14.2 Å². The summed E-state index contributed by atoms with van der Waals surface area (Å²) < 4.78 is 19.7. The Kier molecular flexibility index (Phi) is 7.67. The van der Waals surface area contributed by atoms with Gasteiger partial charge in [0, 0.05) is 51.9 Å². The second-order valence-corrected chi connectivity index (χ2v) is 7.62. The molecule has 0 spiro atoms. The first-order chi connectivity index (χ1) is 15.8. The molecular formula is C23H32N4O6. The minimum Gasteiger partial charge on any atom is -0.490 e. The molecule has 3 rings (SSSR count). The highest BCUT2D eigenvalue weighted by Gasteiger charge is 2.26. The molecule has 0 aliphatic carbocycles. The third-order valence-electron chi connectivity index (χ3n) is 5.55. The summed E-state index contributed by atoms with van der Waals surface area (Å²) >= 11 is 0. The Labute approximate surface area is 192 Å². The van der Waals surface area contributed by atoms with Crippen LogP contribution in [0.15, 0.2) is 27.8 Å². The van der Waals surface area contributed by atoms with Crippen LogP contribution in [0.4, 0.5) is 5.82 Å². The zero-order valence-electron chi connectivity index (χ0n) is 19.9. The summed E-state index contributed by atoms with van der Waals surface area (Å²) in [5.41, 5.74) is -0.273. The highest BCUT2D eigenvalue weighted by Crippen LogP contribution is 2.39. The van der Waals surface area contributed by atoms with Crippen molar-refractivity contribution in [1.82, 2.24) is 14.0 Å². The van der Waals surface area contributed by atoms with Gasteiger partial charge < -0.3 is 24.0 Å². The van der Waals surface area contributed by atoms with Crippen LogP contribution in [0.5, 0.6) is 17.2 Å². The third kappa shape index (κ3) is 4.99. The SMILES string of the molecule is CCOc1cc(C(=O)N2CCN(c3cc(=O)n(C)c(=O)n3C)CC2)cc(OCC)c1OCC. The Balaban J connectivity index is 1.82. The van der Waals surface area contributed by atoms with Crippen molar-refractivity contribution in [2.45, 2.75) is 20.8 Å². The summed E-state index contributed by atoms with van der Waals surface area (Å²) in [6, 6.07) is 4.83. The van der Waals surface area contributed by atoms with E-state index in [1.165, 1.54) is 17.7 Å². The third-order valence-corrected chi connectivity index (χ3v) is 5.55.